The molecule has 0 atom stereocenters. The van der Waals surface area contributed by atoms with E-state index in [0.29, 0.717) is 17.1 Å². The van der Waals surface area contributed by atoms with Crippen LogP contribution in [0, 0.1) is 13.8 Å². The first-order valence-corrected chi connectivity index (χ1v) is 9.55. The zero-order valence-corrected chi connectivity index (χ0v) is 15.6. The number of benzene rings is 2. The highest BCUT2D eigenvalue weighted by atomic mass is 32.2. The van der Waals surface area contributed by atoms with Crippen molar-refractivity contribution in [2.24, 2.45) is 0 Å². The SMILES string of the molecule is COc1cccc(N(CC(=O)Nc2cccc(C)c2C)S(C)(=O)=O)c1. The van der Waals surface area contributed by atoms with Crippen LogP contribution in [0.15, 0.2) is 42.5 Å². The van der Waals surface area contributed by atoms with Gasteiger partial charge in [0.1, 0.15) is 12.3 Å². The molecule has 134 valence electrons. The van der Waals surface area contributed by atoms with Crippen LogP contribution in [-0.2, 0) is 14.8 Å². The van der Waals surface area contributed by atoms with Gasteiger partial charge in [0.15, 0.2) is 0 Å². The van der Waals surface area contributed by atoms with Gasteiger partial charge in [-0.15, -0.1) is 0 Å². The van der Waals surface area contributed by atoms with E-state index >= 15 is 0 Å². The van der Waals surface area contributed by atoms with Crippen LogP contribution < -0.4 is 14.4 Å². The molecule has 0 aliphatic heterocycles. The maximum atomic E-state index is 12.4. The molecule has 0 aromatic heterocycles. The Morgan fingerprint density at radius 3 is 2.48 bits per heavy atom. The smallest absolute Gasteiger partial charge is 0.245 e. The number of aryl methyl sites for hydroxylation is 1. The second-order valence-electron chi connectivity index (χ2n) is 5.77. The predicted octanol–water partition coefficient (Wildman–Crippen LogP) is 2.72. The molecule has 0 unspecified atom stereocenters. The molecule has 0 radical (unpaired) electrons. The molecule has 0 saturated heterocycles. The number of amides is 1. The van der Waals surface area contributed by atoms with Crippen molar-refractivity contribution >= 4 is 27.3 Å². The van der Waals surface area contributed by atoms with E-state index in [9.17, 15) is 13.2 Å². The second kappa shape index (κ2) is 7.57. The van der Waals surface area contributed by atoms with Crippen molar-refractivity contribution in [3.05, 3.63) is 53.6 Å². The van der Waals surface area contributed by atoms with Crippen molar-refractivity contribution in [3.8, 4) is 5.75 Å². The number of hydrogen-bond acceptors (Lipinski definition) is 4. The van der Waals surface area contributed by atoms with E-state index in [1.54, 1.807) is 30.3 Å². The predicted molar refractivity (Wildman–Crippen MR) is 99.7 cm³/mol. The Balaban J connectivity index is 2.25. The van der Waals surface area contributed by atoms with E-state index < -0.39 is 15.9 Å². The van der Waals surface area contributed by atoms with Gasteiger partial charge in [-0.3, -0.25) is 9.10 Å². The average Bonchev–Trinajstić information content (AvgIpc) is 2.56. The van der Waals surface area contributed by atoms with Crippen LogP contribution in [-0.4, -0.2) is 34.2 Å². The molecule has 0 spiro atoms. The minimum atomic E-state index is -3.63. The van der Waals surface area contributed by atoms with Crippen molar-refractivity contribution in [1.82, 2.24) is 0 Å². The summed E-state index contributed by atoms with van der Waals surface area (Å²) in [4.78, 5) is 12.4. The number of nitrogens with one attached hydrogen (secondary N) is 1. The summed E-state index contributed by atoms with van der Waals surface area (Å²) < 4.78 is 30.5. The summed E-state index contributed by atoms with van der Waals surface area (Å²) in [6, 6.07) is 12.2. The van der Waals surface area contributed by atoms with Crippen LogP contribution in [0.2, 0.25) is 0 Å². The standard InChI is InChI=1S/C18H22N2O4S/c1-13-7-5-10-17(14(13)2)19-18(21)12-20(25(4,22)23)15-8-6-9-16(11-15)24-3/h5-11H,12H2,1-4H3,(H,19,21). The van der Waals surface area contributed by atoms with E-state index in [2.05, 4.69) is 5.32 Å². The molecule has 2 rings (SSSR count). The highest BCUT2D eigenvalue weighted by Crippen LogP contribution is 2.23. The van der Waals surface area contributed by atoms with Gasteiger partial charge in [0.05, 0.1) is 19.1 Å². The highest BCUT2D eigenvalue weighted by molar-refractivity contribution is 7.92. The summed E-state index contributed by atoms with van der Waals surface area (Å²) in [5.41, 5.74) is 3.04. The first-order valence-electron chi connectivity index (χ1n) is 7.70. The number of carbonyl (C=O) groups excluding carboxylic acids is 1. The Morgan fingerprint density at radius 2 is 1.84 bits per heavy atom. The quantitative estimate of drug-likeness (QED) is 0.857. The maximum absolute atomic E-state index is 12.4. The van der Waals surface area contributed by atoms with Crippen molar-refractivity contribution in [2.45, 2.75) is 13.8 Å². The number of rotatable bonds is 6. The van der Waals surface area contributed by atoms with Crippen molar-refractivity contribution in [1.29, 1.82) is 0 Å². The molecule has 0 aliphatic rings. The van der Waals surface area contributed by atoms with E-state index in [0.717, 1.165) is 21.7 Å². The summed E-state index contributed by atoms with van der Waals surface area (Å²) in [7, 11) is -2.13. The van der Waals surface area contributed by atoms with Gasteiger partial charge in [-0.1, -0.05) is 18.2 Å². The first-order chi connectivity index (χ1) is 11.7. The van der Waals surface area contributed by atoms with Gasteiger partial charge in [0.25, 0.3) is 0 Å². The fourth-order valence-corrected chi connectivity index (χ4v) is 3.22. The topological polar surface area (TPSA) is 75.7 Å². The van der Waals surface area contributed by atoms with Crippen LogP contribution in [0.1, 0.15) is 11.1 Å². The summed E-state index contributed by atoms with van der Waals surface area (Å²) >= 11 is 0. The summed E-state index contributed by atoms with van der Waals surface area (Å²) in [6.07, 6.45) is 1.07. The monoisotopic (exact) mass is 362 g/mol. The number of nitrogens with zero attached hydrogens (tertiary/aromatic N) is 1. The van der Waals surface area contributed by atoms with Gasteiger partial charge in [-0.25, -0.2) is 8.42 Å². The fraction of sp³-hybridized carbons (Fsp3) is 0.278. The van der Waals surface area contributed by atoms with Gasteiger partial charge in [0, 0.05) is 11.8 Å². The molecule has 1 N–H and O–H groups in total. The summed E-state index contributed by atoms with van der Waals surface area (Å²) in [6.45, 7) is 3.53. The molecule has 2 aromatic carbocycles. The van der Waals surface area contributed by atoms with Crippen LogP contribution >= 0.6 is 0 Å². The first kappa shape index (κ1) is 18.8. The van der Waals surface area contributed by atoms with Crippen molar-refractivity contribution in [3.63, 3.8) is 0 Å². The molecule has 2 aromatic rings. The van der Waals surface area contributed by atoms with Crippen LogP contribution in [0.25, 0.3) is 0 Å². The Morgan fingerprint density at radius 1 is 1.16 bits per heavy atom. The number of hydrogen-bond donors (Lipinski definition) is 1. The lowest BCUT2D eigenvalue weighted by atomic mass is 10.1. The molecule has 0 bridgehead atoms. The van der Waals surface area contributed by atoms with Crippen molar-refractivity contribution < 1.29 is 17.9 Å². The van der Waals surface area contributed by atoms with Crippen LogP contribution in [0.3, 0.4) is 0 Å². The largest absolute Gasteiger partial charge is 0.497 e. The summed E-state index contributed by atoms with van der Waals surface area (Å²) in [5, 5.41) is 2.78. The zero-order valence-electron chi connectivity index (χ0n) is 14.7. The molecule has 0 aliphatic carbocycles. The number of anilines is 2. The minimum Gasteiger partial charge on any atom is -0.497 e. The van der Waals surface area contributed by atoms with Gasteiger partial charge < -0.3 is 10.1 Å². The molecule has 7 heteroatoms. The maximum Gasteiger partial charge on any atom is 0.245 e. The summed E-state index contributed by atoms with van der Waals surface area (Å²) in [5.74, 6) is 0.100. The fourth-order valence-electron chi connectivity index (χ4n) is 2.37. The van der Waals surface area contributed by atoms with Gasteiger partial charge in [0.2, 0.25) is 15.9 Å². The Labute approximate surface area is 148 Å². The van der Waals surface area contributed by atoms with E-state index in [-0.39, 0.29) is 6.54 Å². The Kier molecular flexibility index (Phi) is 5.69. The molecule has 0 saturated carbocycles. The number of methoxy groups -OCH3 is 1. The molecular formula is C18H22N2O4S. The second-order valence-corrected chi connectivity index (χ2v) is 7.67. The Hall–Kier alpha value is -2.54. The van der Waals surface area contributed by atoms with Crippen molar-refractivity contribution in [2.75, 3.05) is 29.5 Å². The van der Waals surface area contributed by atoms with Gasteiger partial charge in [-0.05, 0) is 43.2 Å². The van der Waals surface area contributed by atoms with Gasteiger partial charge in [-0.2, -0.15) is 0 Å². The number of ether oxygens (including phenoxy) is 1. The molecule has 0 heterocycles. The highest BCUT2D eigenvalue weighted by Gasteiger charge is 2.21. The molecule has 1 amide bonds. The molecule has 0 fully saturated rings. The van der Waals surface area contributed by atoms with Crippen LogP contribution in [0.5, 0.6) is 5.75 Å². The lowest BCUT2D eigenvalue weighted by Gasteiger charge is -2.22. The average molecular weight is 362 g/mol. The number of sulfonamides is 1. The zero-order chi connectivity index (χ0) is 18.6. The third kappa shape index (κ3) is 4.73. The van der Waals surface area contributed by atoms with E-state index in [1.165, 1.54) is 7.11 Å². The van der Waals surface area contributed by atoms with E-state index in [4.69, 9.17) is 4.74 Å². The van der Waals surface area contributed by atoms with E-state index in [1.807, 2.05) is 26.0 Å². The van der Waals surface area contributed by atoms with Gasteiger partial charge >= 0.3 is 0 Å². The molecule has 6 nitrogen and oxygen atoms in total. The molecule has 25 heavy (non-hydrogen) atoms. The normalized spacial score (nSPS) is 11.0. The third-order valence-corrected chi connectivity index (χ3v) is 5.05. The lowest BCUT2D eigenvalue weighted by Crippen LogP contribution is -2.37. The number of carbonyl (C=O) groups is 1. The van der Waals surface area contributed by atoms with Crippen LogP contribution in [0.4, 0.5) is 11.4 Å². The Bertz CT molecular complexity index is 878. The molecular weight excluding hydrogens is 340 g/mol. The lowest BCUT2D eigenvalue weighted by molar-refractivity contribution is -0.114. The third-order valence-electron chi connectivity index (χ3n) is 3.91. The minimum absolute atomic E-state index is 0.320.